The first kappa shape index (κ1) is 28.6. The van der Waals surface area contributed by atoms with Gasteiger partial charge >= 0.3 is 0 Å². The molecule has 10 rings (SSSR count). The molecule has 0 amide bonds. The summed E-state index contributed by atoms with van der Waals surface area (Å²) in [6, 6.07) is 59.0. The van der Waals surface area contributed by atoms with Crippen LogP contribution in [-0.4, -0.2) is 4.57 Å². The molecule has 0 fully saturated rings. The molecule has 0 N–H and O–H groups in total. The number of anilines is 3. The first-order valence-electron chi connectivity index (χ1n) is 16.8. The van der Waals surface area contributed by atoms with Crippen LogP contribution in [0.15, 0.2) is 152 Å². The van der Waals surface area contributed by atoms with Crippen LogP contribution in [0.2, 0.25) is 0 Å². The molecule has 1 spiro atoms. The Morgan fingerprint density at radius 3 is 1.55 bits per heavy atom. The first-order valence-corrected chi connectivity index (χ1v) is 16.8. The predicted octanol–water partition coefficient (Wildman–Crippen LogP) is 10.5. The average Bonchev–Trinajstić information content (AvgIpc) is 3.67. The largest absolute Gasteiger partial charge is 0.310 e. The highest BCUT2D eigenvalue weighted by Gasteiger charge is 2.51. The van der Waals surface area contributed by atoms with E-state index in [9.17, 15) is 15.8 Å². The van der Waals surface area contributed by atoms with Crippen LogP contribution in [-0.2, 0) is 5.41 Å². The quantitative estimate of drug-likeness (QED) is 0.187. The van der Waals surface area contributed by atoms with Gasteiger partial charge in [-0.1, -0.05) is 72.8 Å². The highest BCUT2D eigenvalue weighted by molar-refractivity contribution is 6.10. The number of nitriles is 3. The summed E-state index contributed by atoms with van der Waals surface area (Å²) in [7, 11) is 0. The number of para-hydroxylation sites is 2. The lowest BCUT2D eigenvalue weighted by molar-refractivity contribution is 0.752. The molecule has 5 heteroatoms. The van der Waals surface area contributed by atoms with E-state index >= 15 is 0 Å². The van der Waals surface area contributed by atoms with Crippen LogP contribution in [0, 0.1) is 34.0 Å². The van der Waals surface area contributed by atoms with Gasteiger partial charge in [0.15, 0.2) is 0 Å². The number of nitrogens with zero attached hydrogens (tertiary/aromatic N) is 5. The lowest BCUT2D eigenvalue weighted by Crippen LogP contribution is -2.36. The zero-order valence-corrected chi connectivity index (χ0v) is 27.2. The van der Waals surface area contributed by atoms with Crippen LogP contribution in [0.5, 0.6) is 0 Å². The summed E-state index contributed by atoms with van der Waals surface area (Å²) in [4.78, 5) is 2.35. The minimum atomic E-state index is -0.621. The maximum atomic E-state index is 10.1. The van der Waals surface area contributed by atoms with E-state index in [-0.39, 0.29) is 0 Å². The fraction of sp³-hybridized carbons (Fsp3) is 0.0217. The van der Waals surface area contributed by atoms with E-state index in [1.54, 1.807) is 0 Å². The van der Waals surface area contributed by atoms with E-state index in [2.05, 4.69) is 137 Å². The molecule has 8 aromatic rings. The number of hydrogen-bond donors (Lipinski definition) is 0. The van der Waals surface area contributed by atoms with Crippen LogP contribution in [0.4, 0.5) is 17.1 Å². The Morgan fingerprint density at radius 2 is 0.922 bits per heavy atom. The van der Waals surface area contributed by atoms with E-state index in [4.69, 9.17) is 0 Å². The van der Waals surface area contributed by atoms with Crippen molar-refractivity contribution in [1.29, 1.82) is 15.8 Å². The molecule has 2 heterocycles. The van der Waals surface area contributed by atoms with Crippen molar-refractivity contribution in [2.45, 2.75) is 5.41 Å². The summed E-state index contributed by atoms with van der Waals surface area (Å²) in [5, 5.41) is 31.3. The lowest BCUT2D eigenvalue weighted by Gasteiger charge is -2.45. The van der Waals surface area contributed by atoms with Crippen LogP contribution in [0.25, 0.3) is 38.6 Å². The number of benzene rings is 7. The first-order chi connectivity index (χ1) is 25.1. The van der Waals surface area contributed by atoms with Crippen molar-refractivity contribution in [2.24, 2.45) is 0 Å². The predicted molar refractivity (Wildman–Crippen MR) is 200 cm³/mol. The maximum Gasteiger partial charge on any atom is 0.0991 e. The zero-order valence-electron chi connectivity index (χ0n) is 27.2. The van der Waals surface area contributed by atoms with Crippen molar-refractivity contribution < 1.29 is 0 Å². The normalized spacial score (nSPS) is 13.2. The average molecular weight is 648 g/mol. The van der Waals surface area contributed by atoms with E-state index in [0.29, 0.717) is 16.7 Å². The second-order valence-corrected chi connectivity index (χ2v) is 13.1. The Labute approximate surface area is 294 Å². The van der Waals surface area contributed by atoms with Gasteiger partial charge in [0.05, 0.1) is 62.7 Å². The van der Waals surface area contributed by atoms with Crippen molar-refractivity contribution in [3.05, 3.63) is 191 Å². The van der Waals surface area contributed by atoms with E-state index in [0.717, 1.165) is 66.8 Å². The molecule has 0 radical (unpaired) electrons. The van der Waals surface area contributed by atoms with Gasteiger partial charge in [-0.25, -0.2) is 0 Å². The molecule has 1 aliphatic heterocycles. The SMILES string of the molecule is N#Cc1ccc2c(c1)C1(c3ccccc3-2)c2ccccc2N(c2cccc(-n3c4ccc(C#N)cc4c4cc(C#N)ccc43)c2)c2ccccc21. The molecular weight excluding hydrogens is 623 g/mol. The standard InChI is InChI=1S/C46H25N5/c47-26-29-17-20-42-36(22-29)37-23-30(27-48)18-21-43(37)50(42)32-8-7-9-33(25-32)51-44-14-5-3-12-39(44)46(40-13-4-6-15-45(40)51)38-11-2-1-10-34(38)35-19-16-31(28-49)24-41(35)46/h1-25H. The molecular formula is C46H25N5. The maximum absolute atomic E-state index is 10.1. The van der Waals surface area contributed by atoms with Crippen molar-refractivity contribution in [3.63, 3.8) is 0 Å². The number of fused-ring (bicyclic) bond motifs is 12. The number of rotatable bonds is 2. The van der Waals surface area contributed by atoms with E-state index in [1.165, 1.54) is 11.1 Å². The second-order valence-electron chi connectivity index (χ2n) is 13.1. The van der Waals surface area contributed by atoms with Gasteiger partial charge in [0.25, 0.3) is 0 Å². The Balaban J connectivity index is 1.24. The smallest absolute Gasteiger partial charge is 0.0991 e. The summed E-state index contributed by atoms with van der Waals surface area (Å²) in [5.74, 6) is 0. The van der Waals surface area contributed by atoms with Gasteiger partial charge in [0, 0.05) is 22.1 Å². The molecule has 5 nitrogen and oxygen atoms in total. The van der Waals surface area contributed by atoms with Gasteiger partial charge in [-0.05, 0) is 112 Å². The van der Waals surface area contributed by atoms with Gasteiger partial charge in [0.2, 0.25) is 0 Å². The Morgan fingerprint density at radius 1 is 0.412 bits per heavy atom. The third kappa shape index (κ3) is 3.77. The molecule has 2 aliphatic rings. The monoisotopic (exact) mass is 647 g/mol. The van der Waals surface area contributed by atoms with Crippen LogP contribution in [0.3, 0.4) is 0 Å². The van der Waals surface area contributed by atoms with Crippen LogP contribution < -0.4 is 4.90 Å². The molecule has 0 saturated carbocycles. The summed E-state index contributed by atoms with van der Waals surface area (Å²) >= 11 is 0. The molecule has 51 heavy (non-hydrogen) atoms. The summed E-state index contributed by atoms with van der Waals surface area (Å²) in [5.41, 5.74) is 14.2. The molecule has 1 aliphatic carbocycles. The second kappa shape index (κ2) is 10.6. The van der Waals surface area contributed by atoms with Crippen molar-refractivity contribution in [1.82, 2.24) is 4.57 Å². The third-order valence-electron chi connectivity index (χ3n) is 10.6. The van der Waals surface area contributed by atoms with Gasteiger partial charge < -0.3 is 9.47 Å². The fourth-order valence-electron chi connectivity index (χ4n) is 8.67. The molecule has 234 valence electrons. The lowest BCUT2D eigenvalue weighted by atomic mass is 9.64. The zero-order chi connectivity index (χ0) is 34.3. The van der Waals surface area contributed by atoms with Gasteiger partial charge in [0.1, 0.15) is 0 Å². The third-order valence-corrected chi connectivity index (χ3v) is 10.6. The van der Waals surface area contributed by atoms with Crippen molar-refractivity contribution in [3.8, 4) is 35.0 Å². The molecule has 0 atom stereocenters. The Kier molecular flexibility index (Phi) is 5.92. The molecule has 7 aromatic carbocycles. The van der Waals surface area contributed by atoms with Crippen molar-refractivity contribution >= 4 is 38.9 Å². The van der Waals surface area contributed by atoms with E-state index in [1.807, 2.05) is 42.5 Å². The van der Waals surface area contributed by atoms with E-state index < -0.39 is 5.41 Å². The molecule has 0 bridgehead atoms. The summed E-state index contributed by atoms with van der Waals surface area (Å²) in [6.07, 6.45) is 0. The molecule has 1 aromatic heterocycles. The van der Waals surface area contributed by atoms with Crippen LogP contribution >= 0.6 is 0 Å². The highest BCUT2D eigenvalue weighted by atomic mass is 15.2. The summed E-state index contributed by atoms with van der Waals surface area (Å²) in [6.45, 7) is 0. The Bertz CT molecular complexity index is 2810. The summed E-state index contributed by atoms with van der Waals surface area (Å²) < 4.78 is 2.21. The topological polar surface area (TPSA) is 79.5 Å². The van der Waals surface area contributed by atoms with Crippen molar-refractivity contribution in [2.75, 3.05) is 4.90 Å². The minimum Gasteiger partial charge on any atom is -0.310 e. The van der Waals surface area contributed by atoms with Gasteiger partial charge in [-0.15, -0.1) is 0 Å². The minimum absolute atomic E-state index is 0.574. The Hall–Kier alpha value is -7.39. The van der Waals surface area contributed by atoms with Gasteiger partial charge in [-0.3, -0.25) is 0 Å². The molecule has 0 saturated heterocycles. The number of aromatic nitrogens is 1. The fourth-order valence-corrected chi connectivity index (χ4v) is 8.67. The number of hydrogen-bond acceptors (Lipinski definition) is 4. The highest BCUT2D eigenvalue weighted by Crippen LogP contribution is 2.63. The van der Waals surface area contributed by atoms with Crippen LogP contribution in [0.1, 0.15) is 38.9 Å². The van der Waals surface area contributed by atoms with Gasteiger partial charge in [-0.2, -0.15) is 15.8 Å². The molecule has 0 unspecified atom stereocenters.